The first-order valence-corrected chi connectivity index (χ1v) is 14.4. The van der Waals surface area contributed by atoms with E-state index in [2.05, 4.69) is 45.3 Å². The van der Waals surface area contributed by atoms with Crippen molar-refractivity contribution in [3.63, 3.8) is 0 Å². The van der Waals surface area contributed by atoms with Crippen molar-refractivity contribution in [2.45, 2.75) is 0 Å². The number of piperazine rings is 1. The Bertz CT molecular complexity index is 1290. The number of anilines is 2. The quantitative estimate of drug-likeness (QED) is 0.237. The molecule has 9 nitrogen and oxygen atoms in total. The summed E-state index contributed by atoms with van der Waals surface area (Å²) in [4.78, 5) is 25.3. The predicted molar refractivity (Wildman–Crippen MR) is 156 cm³/mol. The Morgan fingerprint density at radius 2 is 1.86 bits per heavy atom. The van der Waals surface area contributed by atoms with Crippen molar-refractivity contribution in [1.82, 2.24) is 4.90 Å². The molecule has 2 aromatic rings. The van der Waals surface area contributed by atoms with Gasteiger partial charge in [0, 0.05) is 43.8 Å². The van der Waals surface area contributed by atoms with E-state index in [0.717, 1.165) is 42.7 Å². The van der Waals surface area contributed by atoms with Crippen LogP contribution < -0.4 is 26.0 Å². The number of nitrogens with two attached hydrogens (primary N) is 1. The number of amides is 1. The van der Waals surface area contributed by atoms with Crippen LogP contribution in [-0.2, 0) is 9.36 Å². The van der Waals surface area contributed by atoms with E-state index in [1.807, 2.05) is 30.3 Å². The van der Waals surface area contributed by atoms with Crippen LogP contribution in [0.15, 0.2) is 65.6 Å². The molecule has 196 valence electrons. The molecule has 1 aliphatic rings. The number of benzene rings is 2. The summed E-state index contributed by atoms with van der Waals surface area (Å²) < 4.78 is 18.3. The van der Waals surface area contributed by atoms with E-state index < -0.39 is 7.14 Å². The van der Waals surface area contributed by atoms with Gasteiger partial charge in [0.2, 0.25) is 11.9 Å². The first-order chi connectivity index (χ1) is 17.5. The number of allylic oxidation sites excluding steroid dienone is 1. The third kappa shape index (κ3) is 7.18. The average Bonchev–Trinajstić information content (AvgIpc) is 2.87. The lowest BCUT2D eigenvalue weighted by molar-refractivity contribution is -0.111. The Morgan fingerprint density at radius 1 is 1.19 bits per heavy atom. The first-order valence-electron chi connectivity index (χ1n) is 11.8. The highest BCUT2D eigenvalue weighted by atomic mass is 31.2. The van der Waals surface area contributed by atoms with Gasteiger partial charge in [0.1, 0.15) is 18.6 Å². The summed E-state index contributed by atoms with van der Waals surface area (Å²) in [6.45, 7) is 14.5. The number of likely N-dealkylation sites (N-methyl/N-ethyl adjacent to an activating group) is 1. The topological polar surface area (TPSA) is 113 Å². The van der Waals surface area contributed by atoms with Crippen LogP contribution in [0.1, 0.15) is 5.56 Å². The Kier molecular flexibility index (Phi) is 9.08. The fourth-order valence-electron chi connectivity index (χ4n) is 3.98. The van der Waals surface area contributed by atoms with Crippen molar-refractivity contribution in [1.29, 1.82) is 0 Å². The first kappa shape index (κ1) is 27.9. The monoisotopic (exact) mass is 522 g/mol. The molecule has 2 aromatic carbocycles. The summed E-state index contributed by atoms with van der Waals surface area (Å²) in [5.41, 5.74) is 9.26. The molecule has 0 aromatic heterocycles. The number of nitrogens with one attached hydrogen (secondary N) is 1. The van der Waals surface area contributed by atoms with Gasteiger partial charge in [-0.25, -0.2) is 9.98 Å². The molecule has 3 N–H and O–H groups in total. The maximum atomic E-state index is 12.7. The molecule has 1 heterocycles. The summed E-state index contributed by atoms with van der Waals surface area (Å²) in [5.74, 6) is 0.132. The van der Waals surface area contributed by atoms with Gasteiger partial charge >= 0.3 is 0 Å². The van der Waals surface area contributed by atoms with Gasteiger partial charge < -0.3 is 30.2 Å². The molecule has 1 aliphatic heterocycles. The molecule has 0 radical (unpaired) electrons. The van der Waals surface area contributed by atoms with Crippen LogP contribution in [0.25, 0.3) is 5.57 Å². The number of rotatable bonds is 8. The van der Waals surface area contributed by atoms with Gasteiger partial charge in [0.15, 0.2) is 0 Å². The minimum Gasteiger partial charge on any atom is -0.494 e. The van der Waals surface area contributed by atoms with Gasteiger partial charge in [-0.3, -0.25) is 4.79 Å². The van der Waals surface area contributed by atoms with E-state index in [0.29, 0.717) is 22.7 Å². The number of methoxy groups -OCH3 is 1. The lowest BCUT2D eigenvalue weighted by atomic mass is 10.1. The van der Waals surface area contributed by atoms with Crippen molar-refractivity contribution in [3.05, 3.63) is 61.2 Å². The van der Waals surface area contributed by atoms with Crippen LogP contribution in [0.4, 0.5) is 17.1 Å². The molecule has 3 rings (SSSR count). The Balaban J connectivity index is 1.94. The number of carbonyl (C=O) groups is 1. The van der Waals surface area contributed by atoms with Gasteiger partial charge in [0.25, 0.3) is 0 Å². The molecule has 0 unspecified atom stereocenters. The number of hydrogen-bond acceptors (Lipinski definition) is 6. The van der Waals surface area contributed by atoms with Gasteiger partial charge in [-0.2, -0.15) is 0 Å². The molecular weight excluding hydrogens is 487 g/mol. The molecule has 0 aliphatic carbocycles. The molecule has 1 amide bonds. The van der Waals surface area contributed by atoms with Crippen molar-refractivity contribution >= 4 is 53.2 Å². The smallest absolute Gasteiger partial charge is 0.247 e. The van der Waals surface area contributed by atoms with E-state index in [-0.39, 0.29) is 11.9 Å². The summed E-state index contributed by atoms with van der Waals surface area (Å²) in [6.07, 6.45) is 2.72. The summed E-state index contributed by atoms with van der Waals surface area (Å²) in [5, 5.41) is 3.60. The van der Waals surface area contributed by atoms with Crippen molar-refractivity contribution in [2.75, 3.05) is 63.9 Å². The number of carbonyl (C=O) groups excluding carboxylic acids is 1. The molecule has 37 heavy (non-hydrogen) atoms. The van der Waals surface area contributed by atoms with Crippen LogP contribution in [0.3, 0.4) is 0 Å². The standard InChI is InChI=1S/C27H35N6O3P/c1-7-26(34)30-21-16-22(24(36-4)17-23(21)33-14-12-32(3)13-15-33)31-27(28)29-18-19(2)20-10-8-9-11-25(20)37(5,6)35/h7-11,16-18H,1-2,12-15H2,3-6H3,(H2,28,31)(H,30,34). The highest BCUT2D eigenvalue weighted by molar-refractivity contribution is 7.70. The predicted octanol–water partition coefficient (Wildman–Crippen LogP) is 3.55. The highest BCUT2D eigenvalue weighted by Gasteiger charge is 2.21. The second-order valence-corrected chi connectivity index (χ2v) is 12.3. The van der Waals surface area contributed by atoms with Crippen LogP contribution >= 0.6 is 7.14 Å². The van der Waals surface area contributed by atoms with E-state index in [1.165, 1.54) is 12.3 Å². The number of hydrogen-bond donors (Lipinski definition) is 2. The Morgan fingerprint density at radius 3 is 2.49 bits per heavy atom. The zero-order valence-electron chi connectivity index (χ0n) is 21.9. The summed E-state index contributed by atoms with van der Waals surface area (Å²) >= 11 is 0. The molecule has 0 spiro atoms. The second-order valence-electron chi connectivity index (χ2n) is 9.15. The van der Waals surface area contributed by atoms with E-state index in [4.69, 9.17) is 10.5 Å². The fourth-order valence-corrected chi connectivity index (χ4v) is 5.23. The lowest BCUT2D eigenvalue weighted by Crippen LogP contribution is -2.44. The van der Waals surface area contributed by atoms with Gasteiger partial charge in [-0.1, -0.05) is 37.4 Å². The Hall–Kier alpha value is -3.68. The third-order valence-corrected chi connectivity index (χ3v) is 7.55. The summed E-state index contributed by atoms with van der Waals surface area (Å²) in [6, 6.07) is 10.9. The maximum absolute atomic E-state index is 12.7. The van der Waals surface area contributed by atoms with E-state index >= 15 is 0 Å². The molecule has 1 saturated heterocycles. The van der Waals surface area contributed by atoms with Crippen molar-refractivity contribution < 1.29 is 14.1 Å². The third-order valence-electron chi connectivity index (χ3n) is 6.00. The molecule has 10 heteroatoms. The molecular formula is C27H35N6O3P. The Labute approximate surface area is 218 Å². The zero-order valence-corrected chi connectivity index (χ0v) is 22.8. The minimum absolute atomic E-state index is 0.0264. The SMILES string of the molecule is C=CC(=O)Nc1cc(N=C(N)N=CC(=C)c2ccccc2P(C)(C)=O)c(OC)cc1N1CCN(C)CC1. The van der Waals surface area contributed by atoms with Crippen LogP contribution in [0.5, 0.6) is 5.75 Å². The molecule has 0 bridgehead atoms. The largest absolute Gasteiger partial charge is 0.494 e. The summed E-state index contributed by atoms with van der Waals surface area (Å²) in [7, 11) is 1.12. The zero-order chi connectivity index (χ0) is 27.2. The highest BCUT2D eigenvalue weighted by Crippen LogP contribution is 2.39. The molecule has 1 fully saturated rings. The minimum atomic E-state index is -2.51. The lowest BCUT2D eigenvalue weighted by Gasteiger charge is -2.35. The second kappa shape index (κ2) is 12.0. The van der Waals surface area contributed by atoms with Crippen LogP contribution in [0.2, 0.25) is 0 Å². The fraction of sp³-hybridized carbons (Fsp3) is 0.296. The van der Waals surface area contributed by atoms with Gasteiger partial charge in [-0.15, -0.1) is 0 Å². The van der Waals surface area contributed by atoms with Gasteiger partial charge in [0.05, 0.1) is 18.5 Å². The van der Waals surface area contributed by atoms with E-state index in [1.54, 1.807) is 26.5 Å². The average molecular weight is 523 g/mol. The van der Waals surface area contributed by atoms with Crippen LogP contribution in [0, 0.1) is 0 Å². The molecule has 0 saturated carbocycles. The van der Waals surface area contributed by atoms with Gasteiger partial charge in [-0.05, 0) is 43.7 Å². The van der Waals surface area contributed by atoms with Crippen LogP contribution in [-0.4, -0.2) is 76.6 Å². The van der Waals surface area contributed by atoms with E-state index in [9.17, 15) is 9.36 Å². The normalized spacial score (nSPS) is 15.0. The number of guanidine groups is 1. The number of aliphatic imine (C=N–C) groups is 2. The molecule has 0 atom stereocenters. The number of nitrogens with zero attached hydrogens (tertiary/aromatic N) is 4. The van der Waals surface area contributed by atoms with Crippen molar-refractivity contribution in [3.8, 4) is 5.75 Å². The van der Waals surface area contributed by atoms with Crippen molar-refractivity contribution in [2.24, 2.45) is 15.7 Å². The number of ether oxygens (including phenoxy) is 1. The maximum Gasteiger partial charge on any atom is 0.247 e.